The first kappa shape index (κ1) is 13.0. The predicted octanol–water partition coefficient (Wildman–Crippen LogP) is 2.89. The summed E-state index contributed by atoms with van der Waals surface area (Å²) in [6, 6.07) is 11.8. The zero-order valence-electron chi connectivity index (χ0n) is 9.23. The quantitative estimate of drug-likeness (QED) is 0.907. The lowest BCUT2D eigenvalue weighted by atomic mass is 10.0. The molecule has 2 aromatic carbocycles. The van der Waals surface area contributed by atoms with Gasteiger partial charge in [-0.3, -0.25) is 0 Å². The molecule has 2 N–H and O–H groups in total. The van der Waals surface area contributed by atoms with Crippen molar-refractivity contribution in [2.45, 2.75) is 6.42 Å². The molecule has 0 amide bonds. The van der Waals surface area contributed by atoms with Crippen LogP contribution in [0.15, 0.2) is 36.4 Å². The number of likely N-dealkylation sites (N-methyl/N-ethyl adjacent to an activating group) is 1. The molecule has 2 rings (SSSR count). The molecule has 2 nitrogen and oxygen atoms in total. The van der Waals surface area contributed by atoms with Crippen LogP contribution in [0.3, 0.4) is 0 Å². The molecule has 0 aliphatic rings. The first-order chi connectivity index (χ1) is 7.29. The largest absolute Gasteiger partial charge is 0.508 e. The van der Waals surface area contributed by atoms with Gasteiger partial charge in [0.1, 0.15) is 5.75 Å². The lowest BCUT2D eigenvalue weighted by molar-refractivity contribution is 0.476. The van der Waals surface area contributed by atoms with E-state index in [0.29, 0.717) is 5.75 Å². The van der Waals surface area contributed by atoms with Gasteiger partial charge in [0.15, 0.2) is 0 Å². The fourth-order valence-corrected chi connectivity index (χ4v) is 1.71. The Balaban J connectivity index is 0.00000128. The lowest BCUT2D eigenvalue weighted by Crippen LogP contribution is -2.10. The van der Waals surface area contributed by atoms with Crippen molar-refractivity contribution >= 4 is 27.8 Å². The number of phenolic OH excluding ortho intramolecular Hbond substituents is 1. The van der Waals surface area contributed by atoms with Crippen molar-refractivity contribution in [3.63, 3.8) is 0 Å². The van der Waals surface area contributed by atoms with Crippen LogP contribution in [0.25, 0.3) is 10.8 Å². The van der Waals surface area contributed by atoms with Gasteiger partial charge in [0.2, 0.25) is 0 Å². The predicted molar refractivity (Wildman–Crippen MR) is 73.6 cm³/mol. The number of halogens is 1. The highest BCUT2D eigenvalue weighted by atomic mass is 79.9. The summed E-state index contributed by atoms with van der Waals surface area (Å²) in [4.78, 5) is 0. The Hall–Kier alpha value is -1.06. The normalized spacial score (nSPS) is 10.1. The Morgan fingerprint density at radius 1 is 1.06 bits per heavy atom. The van der Waals surface area contributed by atoms with Crippen LogP contribution < -0.4 is 5.32 Å². The van der Waals surface area contributed by atoms with Crippen molar-refractivity contribution in [2.24, 2.45) is 0 Å². The number of nitrogens with one attached hydrogen (secondary N) is 1. The summed E-state index contributed by atoms with van der Waals surface area (Å²) in [5.41, 5.74) is 1.32. The molecule has 0 saturated carbocycles. The molecule has 0 aromatic heterocycles. The summed E-state index contributed by atoms with van der Waals surface area (Å²) in [5.74, 6) is 0.325. The Bertz CT molecular complexity index is 470. The highest BCUT2D eigenvalue weighted by Gasteiger charge is 1.97. The van der Waals surface area contributed by atoms with Gasteiger partial charge in [-0.1, -0.05) is 24.3 Å². The average molecular weight is 282 g/mol. The van der Waals surface area contributed by atoms with E-state index in [0.717, 1.165) is 18.4 Å². The molecule has 0 radical (unpaired) electrons. The van der Waals surface area contributed by atoms with Gasteiger partial charge < -0.3 is 10.4 Å². The fourth-order valence-electron chi connectivity index (χ4n) is 1.71. The first-order valence-corrected chi connectivity index (χ1v) is 5.16. The molecule has 0 fully saturated rings. The van der Waals surface area contributed by atoms with E-state index in [9.17, 15) is 5.11 Å². The summed E-state index contributed by atoms with van der Waals surface area (Å²) < 4.78 is 0. The minimum Gasteiger partial charge on any atom is -0.508 e. The maximum absolute atomic E-state index is 9.33. The van der Waals surface area contributed by atoms with Crippen molar-refractivity contribution in [1.29, 1.82) is 0 Å². The molecule has 0 aliphatic carbocycles. The van der Waals surface area contributed by atoms with Crippen LogP contribution in [0, 0.1) is 0 Å². The van der Waals surface area contributed by atoms with Gasteiger partial charge in [-0.15, -0.1) is 17.0 Å². The number of hydrogen-bond donors (Lipinski definition) is 2. The standard InChI is InChI=1S/C13H15NO.BrH/c1-14-7-6-10-2-3-12-9-13(15)5-4-11(12)8-10;/h2-5,8-9,14-15H,6-7H2,1H3;1H. The van der Waals surface area contributed by atoms with Crippen molar-refractivity contribution in [3.05, 3.63) is 42.0 Å². The lowest BCUT2D eigenvalue weighted by Gasteiger charge is -2.03. The molecule has 0 saturated heterocycles. The van der Waals surface area contributed by atoms with Gasteiger partial charge in [0.25, 0.3) is 0 Å². The molecule has 16 heavy (non-hydrogen) atoms. The number of hydrogen-bond acceptors (Lipinski definition) is 2. The van der Waals surface area contributed by atoms with Crippen LogP contribution in [0.4, 0.5) is 0 Å². The summed E-state index contributed by atoms with van der Waals surface area (Å²) >= 11 is 0. The Kier molecular flexibility index (Phi) is 4.77. The smallest absolute Gasteiger partial charge is 0.116 e. The van der Waals surface area contributed by atoms with Crippen molar-refractivity contribution < 1.29 is 5.11 Å². The number of rotatable bonds is 3. The van der Waals surface area contributed by atoms with E-state index in [-0.39, 0.29) is 17.0 Å². The number of fused-ring (bicyclic) bond motifs is 1. The van der Waals surface area contributed by atoms with Crippen molar-refractivity contribution in [2.75, 3.05) is 13.6 Å². The SMILES string of the molecule is Br.CNCCc1ccc2cc(O)ccc2c1. The highest BCUT2D eigenvalue weighted by Crippen LogP contribution is 2.21. The van der Waals surface area contributed by atoms with Crippen LogP contribution in [-0.2, 0) is 6.42 Å². The van der Waals surface area contributed by atoms with E-state index in [4.69, 9.17) is 0 Å². The zero-order chi connectivity index (χ0) is 10.7. The van der Waals surface area contributed by atoms with E-state index in [1.807, 2.05) is 13.1 Å². The molecule has 0 atom stereocenters. The third-order valence-corrected chi connectivity index (χ3v) is 2.55. The van der Waals surface area contributed by atoms with E-state index in [1.165, 1.54) is 10.9 Å². The Morgan fingerprint density at radius 3 is 2.50 bits per heavy atom. The second-order valence-corrected chi connectivity index (χ2v) is 3.72. The van der Waals surface area contributed by atoms with E-state index < -0.39 is 0 Å². The molecule has 0 heterocycles. The van der Waals surface area contributed by atoms with Crippen LogP contribution in [0.5, 0.6) is 5.75 Å². The van der Waals surface area contributed by atoms with Crippen LogP contribution >= 0.6 is 17.0 Å². The van der Waals surface area contributed by atoms with Gasteiger partial charge >= 0.3 is 0 Å². The molecule has 3 heteroatoms. The topological polar surface area (TPSA) is 32.3 Å². The van der Waals surface area contributed by atoms with Gasteiger partial charge in [-0.2, -0.15) is 0 Å². The molecule has 0 spiro atoms. The monoisotopic (exact) mass is 281 g/mol. The molecule has 0 aliphatic heterocycles. The van der Waals surface area contributed by atoms with E-state index >= 15 is 0 Å². The third-order valence-electron chi connectivity index (χ3n) is 2.55. The van der Waals surface area contributed by atoms with E-state index in [2.05, 4.69) is 23.5 Å². The maximum Gasteiger partial charge on any atom is 0.116 e. The van der Waals surface area contributed by atoms with Gasteiger partial charge in [0.05, 0.1) is 0 Å². The van der Waals surface area contributed by atoms with Gasteiger partial charge in [-0.25, -0.2) is 0 Å². The minimum absolute atomic E-state index is 0. The first-order valence-electron chi connectivity index (χ1n) is 5.16. The molecule has 0 unspecified atom stereocenters. The summed E-state index contributed by atoms with van der Waals surface area (Å²) in [5, 5.41) is 14.7. The molecule has 2 aromatic rings. The van der Waals surface area contributed by atoms with Gasteiger partial charge in [-0.05, 0) is 48.5 Å². The minimum atomic E-state index is 0. The maximum atomic E-state index is 9.33. The van der Waals surface area contributed by atoms with Crippen LogP contribution in [-0.4, -0.2) is 18.7 Å². The van der Waals surface area contributed by atoms with Crippen LogP contribution in [0.1, 0.15) is 5.56 Å². The van der Waals surface area contributed by atoms with Crippen molar-refractivity contribution in [3.8, 4) is 5.75 Å². The second kappa shape index (κ2) is 5.87. The van der Waals surface area contributed by atoms with Crippen LogP contribution in [0.2, 0.25) is 0 Å². The summed E-state index contributed by atoms with van der Waals surface area (Å²) in [6.45, 7) is 0.990. The highest BCUT2D eigenvalue weighted by molar-refractivity contribution is 8.93. The Labute approximate surface area is 106 Å². The Morgan fingerprint density at radius 2 is 1.75 bits per heavy atom. The molecule has 0 bridgehead atoms. The molecular formula is C13H16BrNO. The third kappa shape index (κ3) is 2.97. The van der Waals surface area contributed by atoms with Crippen molar-refractivity contribution in [1.82, 2.24) is 5.32 Å². The molecular weight excluding hydrogens is 266 g/mol. The molecule has 86 valence electrons. The second-order valence-electron chi connectivity index (χ2n) is 3.72. The summed E-state index contributed by atoms with van der Waals surface area (Å²) in [6.07, 6.45) is 1.04. The average Bonchev–Trinajstić information content (AvgIpc) is 2.26. The number of phenols is 1. The number of benzene rings is 2. The van der Waals surface area contributed by atoms with Gasteiger partial charge in [0, 0.05) is 0 Å². The fraction of sp³-hybridized carbons (Fsp3) is 0.231. The zero-order valence-corrected chi connectivity index (χ0v) is 10.9. The number of aromatic hydroxyl groups is 1. The van der Waals surface area contributed by atoms with E-state index in [1.54, 1.807) is 12.1 Å². The summed E-state index contributed by atoms with van der Waals surface area (Å²) in [7, 11) is 1.96.